The summed E-state index contributed by atoms with van der Waals surface area (Å²) in [4.78, 5) is 0.298. The van der Waals surface area contributed by atoms with Crippen molar-refractivity contribution in [2.75, 3.05) is 14.1 Å². The maximum atomic E-state index is 12.7. The monoisotopic (exact) mass is 288 g/mol. The Balaban J connectivity index is 3.16. The highest BCUT2D eigenvalue weighted by atomic mass is 32.2. The van der Waals surface area contributed by atoms with Gasteiger partial charge in [0.25, 0.3) is 0 Å². The molecule has 0 aliphatic rings. The molecule has 1 unspecified atom stereocenters. The van der Waals surface area contributed by atoms with Crippen molar-refractivity contribution in [1.29, 1.82) is 0 Å². The van der Waals surface area contributed by atoms with Crippen LogP contribution in [0.1, 0.15) is 38.1 Å². The van der Waals surface area contributed by atoms with Gasteiger partial charge in [-0.2, -0.15) is 9.40 Å². The summed E-state index contributed by atoms with van der Waals surface area (Å²) >= 11 is 0. The van der Waals surface area contributed by atoms with Crippen LogP contribution in [-0.4, -0.2) is 43.1 Å². The average Bonchev–Trinajstić information content (AvgIpc) is 2.71. The van der Waals surface area contributed by atoms with Crippen LogP contribution >= 0.6 is 0 Å². The Morgan fingerprint density at radius 3 is 2.63 bits per heavy atom. The molecule has 0 saturated heterocycles. The molecule has 6 nitrogen and oxygen atoms in total. The molecule has 0 aromatic carbocycles. The molecule has 0 fully saturated rings. The number of aromatic amines is 1. The van der Waals surface area contributed by atoms with Gasteiger partial charge in [-0.05, 0) is 27.3 Å². The zero-order valence-electron chi connectivity index (χ0n) is 12.3. The van der Waals surface area contributed by atoms with Gasteiger partial charge in [-0.15, -0.1) is 0 Å². The molecule has 0 amide bonds. The normalized spacial score (nSPS) is 14.0. The van der Waals surface area contributed by atoms with Gasteiger partial charge < -0.3 is 5.32 Å². The van der Waals surface area contributed by atoms with E-state index >= 15 is 0 Å². The second-order valence-corrected chi connectivity index (χ2v) is 6.75. The van der Waals surface area contributed by atoms with Crippen molar-refractivity contribution in [3.63, 3.8) is 0 Å². The average molecular weight is 288 g/mol. The van der Waals surface area contributed by atoms with E-state index in [4.69, 9.17) is 0 Å². The van der Waals surface area contributed by atoms with Crippen LogP contribution in [0.4, 0.5) is 0 Å². The standard InChI is InChI=1S/C12H24N4O2S/c1-6-7-9(2)16(5)19(17,18)12-10(3)14-15-11(12)8-13-4/h9,13H,6-8H2,1-5H3,(H,14,15). The number of nitrogens with one attached hydrogen (secondary N) is 2. The Labute approximate surface area is 115 Å². The summed E-state index contributed by atoms with van der Waals surface area (Å²) in [5.41, 5.74) is 1.12. The minimum Gasteiger partial charge on any atom is -0.314 e. The fraction of sp³-hybridized carbons (Fsp3) is 0.750. The first kappa shape index (κ1) is 16.1. The molecule has 0 aliphatic heterocycles. The fourth-order valence-electron chi connectivity index (χ4n) is 2.08. The highest BCUT2D eigenvalue weighted by molar-refractivity contribution is 7.89. The molecule has 7 heteroatoms. The van der Waals surface area contributed by atoms with Gasteiger partial charge in [0, 0.05) is 19.6 Å². The van der Waals surface area contributed by atoms with Gasteiger partial charge in [0.05, 0.1) is 11.4 Å². The number of nitrogens with zero attached hydrogens (tertiary/aromatic N) is 2. The summed E-state index contributed by atoms with van der Waals surface area (Å²) < 4.78 is 26.8. The maximum Gasteiger partial charge on any atom is 0.246 e. The molecule has 110 valence electrons. The van der Waals surface area contributed by atoms with E-state index in [2.05, 4.69) is 15.5 Å². The Kier molecular flexibility index (Phi) is 5.51. The van der Waals surface area contributed by atoms with E-state index in [-0.39, 0.29) is 6.04 Å². The van der Waals surface area contributed by atoms with Crippen molar-refractivity contribution in [2.45, 2.75) is 51.1 Å². The third-order valence-corrected chi connectivity index (χ3v) is 5.45. The Morgan fingerprint density at radius 1 is 1.47 bits per heavy atom. The first-order chi connectivity index (χ1) is 8.86. The highest BCUT2D eigenvalue weighted by Crippen LogP contribution is 2.23. The lowest BCUT2D eigenvalue weighted by molar-refractivity contribution is 0.368. The predicted molar refractivity (Wildman–Crippen MR) is 75.4 cm³/mol. The van der Waals surface area contributed by atoms with Crippen molar-refractivity contribution in [2.24, 2.45) is 0 Å². The van der Waals surface area contributed by atoms with E-state index in [9.17, 15) is 8.42 Å². The summed E-state index contributed by atoms with van der Waals surface area (Å²) in [6.45, 7) is 6.13. The predicted octanol–water partition coefficient (Wildman–Crippen LogP) is 1.25. The van der Waals surface area contributed by atoms with Crippen LogP contribution in [0.3, 0.4) is 0 Å². The van der Waals surface area contributed by atoms with Crippen molar-refractivity contribution < 1.29 is 8.42 Å². The number of aromatic nitrogens is 2. The molecule has 0 radical (unpaired) electrons. The second kappa shape index (κ2) is 6.49. The van der Waals surface area contributed by atoms with Gasteiger partial charge in [-0.1, -0.05) is 13.3 Å². The van der Waals surface area contributed by atoms with Gasteiger partial charge in [0.2, 0.25) is 10.0 Å². The smallest absolute Gasteiger partial charge is 0.246 e. The Hall–Kier alpha value is -0.920. The van der Waals surface area contributed by atoms with Gasteiger partial charge in [0.1, 0.15) is 4.90 Å². The molecule has 1 aromatic rings. The molecule has 1 heterocycles. The summed E-state index contributed by atoms with van der Waals surface area (Å²) in [6.07, 6.45) is 1.79. The van der Waals surface area contributed by atoms with E-state index in [0.717, 1.165) is 12.8 Å². The topological polar surface area (TPSA) is 78.1 Å². The second-order valence-electron chi connectivity index (χ2n) is 4.81. The lowest BCUT2D eigenvalue weighted by atomic mass is 10.2. The third-order valence-electron chi connectivity index (χ3n) is 3.27. The minimum atomic E-state index is -3.50. The summed E-state index contributed by atoms with van der Waals surface area (Å²) in [6, 6.07) is -0.0215. The minimum absolute atomic E-state index is 0.0215. The molecule has 1 aromatic heterocycles. The zero-order valence-corrected chi connectivity index (χ0v) is 13.1. The summed E-state index contributed by atoms with van der Waals surface area (Å²) in [5.74, 6) is 0. The van der Waals surface area contributed by atoms with Gasteiger partial charge in [-0.25, -0.2) is 8.42 Å². The number of rotatable bonds is 7. The third kappa shape index (κ3) is 3.34. The van der Waals surface area contributed by atoms with Gasteiger partial charge in [-0.3, -0.25) is 5.10 Å². The highest BCUT2D eigenvalue weighted by Gasteiger charge is 2.30. The van der Waals surface area contributed by atoms with Gasteiger partial charge in [0.15, 0.2) is 0 Å². The van der Waals surface area contributed by atoms with Crippen molar-refractivity contribution in [3.8, 4) is 0 Å². The van der Waals surface area contributed by atoms with Crippen molar-refractivity contribution in [1.82, 2.24) is 19.8 Å². The first-order valence-corrected chi connectivity index (χ1v) is 7.96. The molecule has 0 saturated carbocycles. The lowest BCUT2D eigenvalue weighted by Crippen LogP contribution is -2.35. The number of sulfonamides is 1. The molecule has 0 bridgehead atoms. The van der Waals surface area contributed by atoms with Crippen molar-refractivity contribution in [3.05, 3.63) is 11.4 Å². The van der Waals surface area contributed by atoms with E-state index in [1.807, 2.05) is 13.8 Å². The fourth-order valence-corrected chi connectivity index (χ4v) is 3.79. The zero-order chi connectivity index (χ0) is 14.6. The van der Waals surface area contributed by atoms with E-state index in [0.29, 0.717) is 22.8 Å². The van der Waals surface area contributed by atoms with Crippen LogP contribution < -0.4 is 5.32 Å². The van der Waals surface area contributed by atoms with Crippen LogP contribution in [0.25, 0.3) is 0 Å². The van der Waals surface area contributed by atoms with E-state index < -0.39 is 10.0 Å². The van der Waals surface area contributed by atoms with Crippen LogP contribution in [0.5, 0.6) is 0 Å². The summed E-state index contributed by atoms with van der Waals surface area (Å²) in [7, 11) is -0.103. The first-order valence-electron chi connectivity index (χ1n) is 6.52. The lowest BCUT2D eigenvalue weighted by Gasteiger charge is -2.24. The summed E-state index contributed by atoms with van der Waals surface area (Å²) in [5, 5.41) is 9.76. The largest absolute Gasteiger partial charge is 0.314 e. The Morgan fingerprint density at radius 2 is 2.11 bits per heavy atom. The van der Waals surface area contributed by atoms with Crippen LogP contribution in [0.2, 0.25) is 0 Å². The quantitative estimate of drug-likeness (QED) is 0.791. The van der Waals surface area contributed by atoms with Crippen LogP contribution in [-0.2, 0) is 16.6 Å². The van der Waals surface area contributed by atoms with Crippen LogP contribution in [0.15, 0.2) is 4.90 Å². The molecule has 1 atom stereocenters. The molecular formula is C12H24N4O2S. The molecule has 1 rings (SSSR count). The molecular weight excluding hydrogens is 264 g/mol. The van der Waals surface area contributed by atoms with Crippen LogP contribution in [0, 0.1) is 6.92 Å². The van der Waals surface area contributed by atoms with E-state index in [1.165, 1.54) is 4.31 Å². The van der Waals surface area contributed by atoms with E-state index in [1.54, 1.807) is 21.0 Å². The van der Waals surface area contributed by atoms with Gasteiger partial charge >= 0.3 is 0 Å². The Bertz CT molecular complexity index is 510. The number of hydrogen-bond acceptors (Lipinski definition) is 4. The SMILES string of the molecule is CCCC(C)N(C)S(=O)(=O)c1c(CNC)n[nH]c1C. The molecule has 0 aliphatic carbocycles. The maximum absolute atomic E-state index is 12.7. The molecule has 19 heavy (non-hydrogen) atoms. The molecule has 0 spiro atoms. The number of H-pyrrole nitrogens is 1. The number of aryl methyl sites for hydroxylation is 1. The van der Waals surface area contributed by atoms with Crippen molar-refractivity contribution >= 4 is 10.0 Å². The number of hydrogen-bond donors (Lipinski definition) is 2. The molecule has 2 N–H and O–H groups in total.